The fraction of sp³-hybridized carbons (Fsp3) is 0.357. The van der Waals surface area contributed by atoms with E-state index in [4.69, 9.17) is 5.73 Å². The average molecular weight is 313 g/mol. The molecule has 0 radical (unpaired) electrons. The van der Waals surface area contributed by atoms with E-state index >= 15 is 0 Å². The maximum absolute atomic E-state index is 13.1. The van der Waals surface area contributed by atoms with Gasteiger partial charge in [0.15, 0.2) is 0 Å². The fourth-order valence-electron chi connectivity index (χ4n) is 1.64. The van der Waals surface area contributed by atoms with Gasteiger partial charge in [0, 0.05) is 13.0 Å². The maximum Gasteiger partial charge on any atom is 0.418 e. The first-order valence-corrected chi connectivity index (χ1v) is 6.54. The first-order valence-electron chi connectivity index (χ1n) is 6.54. The van der Waals surface area contributed by atoms with E-state index in [1.165, 1.54) is 6.07 Å². The Labute approximate surface area is 126 Å². The minimum atomic E-state index is -4.47. The van der Waals surface area contributed by atoms with Crippen LogP contribution in [0.1, 0.15) is 17.5 Å². The lowest BCUT2D eigenvalue weighted by Gasteiger charge is -2.11. The topological polar surface area (TPSA) is 75.1 Å². The van der Waals surface area contributed by atoms with Crippen molar-refractivity contribution in [1.29, 1.82) is 0 Å². The van der Waals surface area contributed by atoms with E-state index in [-0.39, 0.29) is 11.5 Å². The van der Waals surface area contributed by atoms with Crippen LogP contribution in [0, 0.1) is 6.92 Å². The Hall–Kier alpha value is -2.22. The van der Waals surface area contributed by atoms with Crippen molar-refractivity contribution >= 4 is 24.2 Å². The largest absolute Gasteiger partial charge is 0.418 e. The molecule has 22 heavy (non-hydrogen) atoms. The van der Waals surface area contributed by atoms with Gasteiger partial charge in [-0.25, -0.2) is 15.0 Å². The second-order valence-electron chi connectivity index (χ2n) is 4.44. The summed E-state index contributed by atoms with van der Waals surface area (Å²) in [5.74, 6) is 0.231. The third-order valence-electron chi connectivity index (χ3n) is 2.67. The molecule has 0 atom stereocenters. The molecule has 1 aromatic rings. The number of aliphatic imine (C=N–C) groups is 3. The zero-order valence-corrected chi connectivity index (χ0v) is 12.4. The molecule has 0 saturated carbocycles. The number of halogens is 3. The number of nitrogens with zero attached hydrogens (tertiary/aromatic N) is 3. The highest BCUT2D eigenvalue weighted by atomic mass is 19.4. The van der Waals surface area contributed by atoms with Gasteiger partial charge < -0.3 is 11.1 Å². The number of hydrogen-bond donors (Lipinski definition) is 2. The van der Waals surface area contributed by atoms with E-state index in [9.17, 15) is 13.2 Å². The molecule has 0 aliphatic carbocycles. The molecule has 0 saturated heterocycles. The molecule has 0 aliphatic heterocycles. The fourth-order valence-corrected chi connectivity index (χ4v) is 1.64. The summed E-state index contributed by atoms with van der Waals surface area (Å²) in [6.45, 7) is 2.12. The first-order chi connectivity index (χ1) is 10.4. The van der Waals surface area contributed by atoms with Gasteiger partial charge in [0.25, 0.3) is 0 Å². The predicted molar refractivity (Wildman–Crippen MR) is 83.0 cm³/mol. The summed E-state index contributed by atoms with van der Waals surface area (Å²) in [7, 11) is 1.73. The highest BCUT2D eigenvalue weighted by Gasteiger charge is 2.33. The molecular formula is C14H18F3N5. The van der Waals surface area contributed by atoms with Gasteiger partial charge in [0.05, 0.1) is 17.6 Å². The molecule has 120 valence electrons. The van der Waals surface area contributed by atoms with Crippen LogP contribution in [-0.4, -0.2) is 32.1 Å². The molecule has 1 aromatic carbocycles. The van der Waals surface area contributed by atoms with Gasteiger partial charge in [-0.3, -0.25) is 0 Å². The van der Waals surface area contributed by atoms with Gasteiger partial charge in [-0.2, -0.15) is 13.2 Å². The van der Waals surface area contributed by atoms with Crippen molar-refractivity contribution in [3.05, 3.63) is 29.3 Å². The predicted octanol–water partition coefficient (Wildman–Crippen LogP) is 2.67. The van der Waals surface area contributed by atoms with Crippen LogP contribution in [0.5, 0.6) is 0 Å². The smallest absolute Gasteiger partial charge is 0.390 e. The molecule has 8 heteroatoms. The standard InChI is InChI=1S/C14H18F3N5/c1-10-3-4-12(11(7-10)14(15,16)17)22-13(5-6-19-2)21-9-20-8-18/h3-4,7-9,19H,5-6H2,1-2H3,(H2,18,20,21,22). The summed E-state index contributed by atoms with van der Waals surface area (Å²) in [4.78, 5) is 11.5. The molecule has 0 amide bonds. The van der Waals surface area contributed by atoms with Crippen LogP contribution in [0.4, 0.5) is 18.9 Å². The summed E-state index contributed by atoms with van der Waals surface area (Å²) in [6, 6.07) is 3.97. The van der Waals surface area contributed by atoms with Crippen LogP contribution >= 0.6 is 0 Å². The number of nitrogens with one attached hydrogen (secondary N) is 1. The zero-order chi connectivity index (χ0) is 16.6. The second kappa shape index (κ2) is 8.28. The van der Waals surface area contributed by atoms with Gasteiger partial charge in [0.2, 0.25) is 0 Å². The monoisotopic (exact) mass is 313 g/mol. The molecule has 0 bridgehead atoms. The SMILES string of the molecule is CNCCC(N=CN=CN)=Nc1ccc(C)cc1C(F)(F)F. The quantitative estimate of drug-likeness (QED) is 0.648. The highest BCUT2D eigenvalue weighted by molar-refractivity contribution is 5.92. The third kappa shape index (κ3) is 5.65. The van der Waals surface area contributed by atoms with E-state index in [2.05, 4.69) is 20.3 Å². The van der Waals surface area contributed by atoms with Gasteiger partial charge in [0.1, 0.15) is 12.2 Å². The minimum Gasteiger partial charge on any atom is -0.390 e. The van der Waals surface area contributed by atoms with Crippen LogP contribution in [0.3, 0.4) is 0 Å². The summed E-state index contributed by atoms with van der Waals surface area (Å²) >= 11 is 0. The molecule has 0 fully saturated rings. The summed E-state index contributed by atoms with van der Waals surface area (Å²) in [5.41, 5.74) is 4.64. The zero-order valence-electron chi connectivity index (χ0n) is 12.4. The normalized spacial score (nSPS) is 13.4. The molecule has 0 aliphatic rings. The molecule has 0 spiro atoms. The van der Waals surface area contributed by atoms with E-state index in [0.29, 0.717) is 18.5 Å². The number of rotatable bonds is 5. The van der Waals surface area contributed by atoms with Gasteiger partial charge in [-0.15, -0.1) is 0 Å². The minimum absolute atomic E-state index is 0.168. The van der Waals surface area contributed by atoms with Crippen LogP contribution in [0.25, 0.3) is 0 Å². The van der Waals surface area contributed by atoms with Gasteiger partial charge in [-0.1, -0.05) is 11.6 Å². The number of hydrogen-bond acceptors (Lipinski definition) is 2. The summed E-state index contributed by atoms with van der Waals surface area (Å²) in [5, 5.41) is 2.89. The van der Waals surface area contributed by atoms with Gasteiger partial charge in [-0.05, 0) is 26.1 Å². The average Bonchev–Trinajstić information content (AvgIpc) is 2.45. The van der Waals surface area contributed by atoms with Crippen LogP contribution in [0.2, 0.25) is 0 Å². The Kier molecular flexibility index (Phi) is 6.71. The lowest BCUT2D eigenvalue weighted by atomic mass is 10.1. The van der Waals surface area contributed by atoms with Crippen LogP contribution in [0.15, 0.2) is 33.2 Å². The lowest BCUT2D eigenvalue weighted by molar-refractivity contribution is -0.137. The molecule has 3 N–H and O–H groups in total. The van der Waals surface area contributed by atoms with Gasteiger partial charge >= 0.3 is 6.18 Å². The first kappa shape index (κ1) is 17.8. The molecular weight excluding hydrogens is 295 g/mol. The van der Waals surface area contributed by atoms with Crippen molar-refractivity contribution in [1.82, 2.24) is 5.32 Å². The van der Waals surface area contributed by atoms with Crippen molar-refractivity contribution in [2.45, 2.75) is 19.5 Å². The lowest BCUT2D eigenvalue weighted by Crippen LogP contribution is -2.12. The van der Waals surface area contributed by atoms with Crippen molar-refractivity contribution < 1.29 is 13.2 Å². The van der Waals surface area contributed by atoms with E-state index in [0.717, 1.165) is 18.7 Å². The van der Waals surface area contributed by atoms with Crippen molar-refractivity contribution in [3.8, 4) is 0 Å². The highest BCUT2D eigenvalue weighted by Crippen LogP contribution is 2.37. The van der Waals surface area contributed by atoms with E-state index in [1.807, 2.05) is 0 Å². The van der Waals surface area contributed by atoms with Crippen molar-refractivity contribution in [2.24, 2.45) is 20.7 Å². The molecule has 0 heterocycles. The molecule has 0 aromatic heterocycles. The molecule has 5 nitrogen and oxygen atoms in total. The van der Waals surface area contributed by atoms with Crippen LogP contribution < -0.4 is 11.1 Å². The number of benzene rings is 1. The Bertz CT molecular complexity index is 576. The number of alkyl halides is 3. The summed E-state index contributed by atoms with van der Waals surface area (Å²) in [6.07, 6.45) is -1.93. The number of amidine groups is 1. The Balaban J connectivity index is 3.24. The third-order valence-corrected chi connectivity index (χ3v) is 2.67. The summed E-state index contributed by atoms with van der Waals surface area (Å²) < 4.78 is 39.2. The van der Waals surface area contributed by atoms with Crippen molar-refractivity contribution in [3.63, 3.8) is 0 Å². The van der Waals surface area contributed by atoms with Crippen molar-refractivity contribution in [2.75, 3.05) is 13.6 Å². The number of aryl methyl sites for hydroxylation is 1. The molecule has 1 rings (SSSR count). The van der Waals surface area contributed by atoms with Crippen LogP contribution in [-0.2, 0) is 6.18 Å². The Morgan fingerprint density at radius 1 is 1.36 bits per heavy atom. The second-order valence-corrected chi connectivity index (χ2v) is 4.44. The van der Waals surface area contributed by atoms with E-state index < -0.39 is 11.7 Å². The Morgan fingerprint density at radius 2 is 2.09 bits per heavy atom. The number of nitrogens with two attached hydrogens (primary N) is 1. The molecule has 0 unspecified atom stereocenters. The Morgan fingerprint density at radius 3 is 2.68 bits per heavy atom. The van der Waals surface area contributed by atoms with E-state index in [1.54, 1.807) is 20.0 Å². The maximum atomic E-state index is 13.1.